The topological polar surface area (TPSA) is 82.6 Å². The summed E-state index contributed by atoms with van der Waals surface area (Å²) in [5, 5.41) is 3.82. The first-order chi connectivity index (χ1) is 15.7. The summed E-state index contributed by atoms with van der Waals surface area (Å²) in [6.45, 7) is 6.34. The largest absolute Gasteiger partial charge is 0.354 e. The summed E-state index contributed by atoms with van der Waals surface area (Å²) < 4.78 is 0. The van der Waals surface area contributed by atoms with Gasteiger partial charge in [-0.2, -0.15) is 0 Å². The molecule has 0 amide bonds. The summed E-state index contributed by atoms with van der Waals surface area (Å²) >= 11 is 6.16. The number of hydrogen-bond donors (Lipinski definition) is 2. The highest BCUT2D eigenvalue weighted by Crippen LogP contribution is 2.49. The Balaban J connectivity index is 1.40. The van der Waals surface area contributed by atoms with Gasteiger partial charge in [-0.25, -0.2) is 19.9 Å². The van der Waals surface area contributed by atoms with E-state index in [0.717, 1.165) is 78.9 Å². The lowest BCUT2D eigenvalue weighted by Crippen LogP contribution is -2.44. The lowest BCUT2D eigenvalue weighted by molar-refractivity contribution is 0.0339. The van der Waals surface area contributed by atoms with Gasteiger partial charge in [0.05, 0.1) is 11.8 Å². The van der Waals surface area contributed by atoms with Crippen molar-refractivity contribution in [3.05, 3.63) is 29.3 Å². The Morgan fingerprint density at radius 2 is 1.84 bits per heavy atom. The van der Waals surface area contributed by atoms with Gasteiger partial charge in [0.2, 0.25) is 0 Å². The second-order valence-electron chi connectivity index (χ2n) is 9.77. The van der Waals surface area contributed by atoms with Crippen molar-refractivity contribution in [2.24, 2.45) is 23.7 Å². The maximum atomic E-state index is 6.16. The zero-order chi connectivity index (χ0) is 21.7. The number of halogens is 1. The minimum absolute atomic E-state index is 0.379. The third kappa shape index (κ3) is 3.65. The number of fused-ring (bicyclic) bond motifs is 4. The smallest absolute Gasteiger partial charge is 0.165 e. The Morgan fingerprint density at radius 1 is 1.06 bits per heavy atom. The molecule has 0 spiro atoms. The predicted molar refractivity (Wildman–Crippen MR) is 127 cm³/mol. The molecule has 3 aliphatic carbocycles. The lowest BCUT2D eigenvalue weighted by Gasteiger charge is -2.47. The fourth-order valence-electron chi connectivity index (χ4n) is 6.28. The SMILES string of the molecule is C[C@H]1C2CCC(CC2)[C@@H]1Cc1cc(N2CCNCC2)nc(-c2c[nH]c3ncc(Cl)nc23)n1. The van der Waals surface area contributed by atoms with Crippen LogP contribution in [0.1, 0.15) is 38.3 Å². The van der Waals surface area contributed by atoms with E-state index in [2.05, 4.69) is 38.2 Å². The molecule has 32 heavy (non-hydrogen) atoms. The number of H-pyrrole nitrogens is 1. The molecule has 1 aliphatic heterocycles. The Morgan fingerprint density at radius 3 is 2.62 bits per heavy atom. The van der Waals surface area contributed by atoms with Crippen LogP contribution in [0.5, 0.6) is 0 Å². The number of anilines is 1. The quantitative estimate of drug-likeness (QED) is 0.621. The molecule has 7 rings (SSSR count). The van der Waals surface area contributed by atoms with Crippen LogP contribution in [0.3, 0.4) is 0 Å². The van der Waals surface area contributed by atoms with Crippen molar-refractivity contribution in [2.75, 3.05) is 31.1 Å². The average Bonchev–Trinajstić information content (AvgIpc) is 3.25. The number of nitrogens with one attached hydrogen (secondary N) is 2. The number of rotatable bonds is 4. The molecule has 4 fully saturated rings. The number of aromatic nitrogens is 5. The van der Waals surface area contributed by atoms with Gasteiger partial charge in [0.25, 0.3) is 0 Å². The summed E-state index contributed by atoms with van der Waals surface area (Å²) in [5.74, 6) is 4.97. The highest BCUT2D eigenvalue weighted by Gasteiger charge is 2.41. The third-order valence-electron chi connectivity index (χ3n) is 8.08. The fraction of sp³-hybridized carbons (Fsp3) is 0.583. The van der Waals surface area contributed by atoms with Gasteiger partial charge in [-0.15, -0.1) is 0 Å². The zero-order valence-corrected chi connectivity index (χ0v) is 19.3. The molecule has 8 heteroatoms. The molecular weight excluding hydrogens is 422 g/mol. The van der Waals surface area contributed by atoms with Crippen LogP contribution in [0.15, 0.2) is 18.5 Å². The predicted octanol–water partition coefficient (Wildman–Crippen LogP) is 4.09. The Labute approximate surface area is 193 Å². The zero-order valence-electron chi connectivity index (χ0n) is 18.5. The molecule has 0 unspecified atom stereocenters. The normalized spacial score (nSPS) is 27.9. The maximum Gasteiger partial charge on any atom is 0.165 e. The molecule has 3 saturated carbocycles. The summed E-state index contributed by atoms with van der Waals surface area (Å²) in [5.41, 5.74) is 3.45. The second-order valence-corrected chi connectivity index (χ2v) is 10.2. The van der Waals surface area contributed by atoms with Crippen LogP contribution in [0.4, 0.5) is 5.82 Å². The van der Waals surface area contributed by atoms with Gasteiger partial charge in [-0.05, 0) is 55.8 Å². The monoisotopic (exact) mass is 451 g/mol. The van der Waals surface area contributed by atoms with E-state index in [1.807, 2.05) is 6.20 Å². The molecule has 2 bridgehead atoms. The first-order valence-corrected chi connectivity index (χ1v) is 12.4. The van der Waals surface area contributed by atoms with Crippen LogP contribution in [-0.4, -0.2) is 51.1 Å². The molecule has 4 aliphatic rings. The Bertz CT molecular complexity index is 1110. The highest BCUT2D eigenvalue weighted by molar-refractivity contribution is 6.29. The summed E-state index contributed by atoms with van der Waals surface area (Å²) in [7, 11) is 0. The standard InChI is InChI=1S/C24H30ClN7/c1-14-15-2-4-16(5-3-15)18(14)10-17-11-21(32-8-6-26-7-9-32)31-23(29-17)19-12-27-24-22(19)30-20(25)13-28-24/h11-16,18,26H,2-10H2,1H3,(H,27,28)/t14-,15?,16?,18+/m0/s1. The summed E-state index contributed by atoms with van der Waals surface area (Å²) in [6.07, 6.45) is 10.1. The molecule has 1 saturated heterocycles. The van der Waals surface area contributed by atoms with Crippen LogP contribution in [0.2, 0.25) is 5.15 Å². The van der Waals surface area contributed by atoms with Crippen molar-refractivity contribution in [3.63, 3.8) is 0 Å². The van der Waals surface area contributed by atoms with Crippen molar-refractivity contribution < 1.29 is 0 Å². The fourth-order valence-corrected chi connectivity index (χ4v) is 6.41. The number of hydrogen-bond acceptors (Lipinski definition) is 6. The van der Waals surface area contributed by atoms with Crippen LogP contribution in [0.25, 0.3) is 22.6 Å². The van der Waals surface area contributed by atoms with Gasteiger partial charge in [0.15, 0.2) is 11.5 Å². The molecule has 168 valence electrons. The third-order valence-corrected chi connectivity index (χ3v) is 8.27. The van der Waals surface area contributed by atoms with E-state index in [4.69, 9.17) is 21.6 Å². The number of aromatic amines is 1. The highest BCUT2D eigenvalue weighted by atomic mass is 35.5. The van der Waals surface area contributed by atoms with E-state index >= 15 is 0 Å². The molecular formula is C24H30ClN7. The van der Waals surface area contributed by atoms with Gasteiger partial charge in [-0.3, -0.25) is 0 Å². The van der Waals surface area contributed by atoms with Crippen molar-refractivity contribution in [1.82, 2.24) is 30.2 Å². The van der Waals surface area contributed by atoms with Crippen LogP contribution in [0, 0.1) is 23.7 Å². The number of piperazine rings is 1. The molecule has 2 atom stereocenters. The van der Waals surface area contributed by atoms with Crippen molar-refractivity contribution in [2.45, 2.75) is 39.0 Å². The van der Waals surface area contributed by atoms with E-state index in [9.17, 15) is 0 Å². The molecule has 2 N–H and O–H groups in total. The van der Waals surface area contributed by atoms with Gasteiger partial charge in [0, 0.05) is 44.1 Å². The first-order valence-electron chi connectivity index (χ1n) is 12.0. The van der Waals surface area contributed by atoms with Crippen molar-refractivity contribution in [3.8, 4) is 11.4 Å². The minimum atomic E-state index is 0.379. The molecule has 0 radical (unpaired) electrons. The van der Waals surface area contributed by atoms with Gasteiger partial charge in [-0.1, -0.05) is 18.5 Å². The number of nitrogens with zero attached hydrogens (tertiary/aromatic N) is 5. The van der Waals surface area contributed by atoms with Crippen LogP contribution < -0.4 is 10.2 Å². The molecule has 7 nitrogen and oxygen atoms in total. The van der Waals surface area contributed by atoms with Crippen molar-refractivity contribution >= 4 is 28.6 Å². The maximum absolute atomic E-state index is 6.16. The van der Waals surface area contributed by atoms with E-state index in [1.165, 1.54) is 25.7 Å². The summed E-state index contributed by atoms with van der Waals surface area (Å²) in [4.78, 5) is 24.5. The Kier molecular flexibility index (Phi) is 5.26. The molecule has 4 heterocycles. The lowest BCUT2D eigenvalue weighted by atomic mass is 9.58. The van der Waals surface area contributed by atoms with E-state index in [0.29, 0.717) is 16.6 Å². The summed E-state index contributed by atoms with van der Waals surface area (Å²) in [6, 6.07) is 2.23. The molecule has 3 aromatic rings. The second kappa shape index (κ2) is 8.27. The van der Waals surface area contributed by atoms with Crippen molar-refractivity contribution in [1.29, 1.82) is 0 Å². The van der Waals surface area contributed by atoms with E-state index in [-0.39, 0.29) is 0 Å². The van der Waals surface area contributed by atoms with Gasteiger partial charge in [0.1, 0.15) is 16.5 Å². The molecule has 3 aromatic heterocycles. The van der Waals surface area contributed by atoms with E-state index < -0.39 is 0 Å². The van der Waals surface area contributed by atoms with Crippen LogP contribution >= 0.6 is 11.6 Å². The first kappa shape index (κ1) is 20.4. The van der Waals surface area contributed by atoms with Crippen LogP contribution in [-0.2, 0) is 6.42 Å². The van der Waals surface area contributed by atoms with Gasteiger partial charge >= 0.3 is 0 Å². The van der Waals surface area contributed by atoms with E-state index in [1.54, 1.807) is 6.20 Å². The minimum Gasteiger partial charge on any atom is -0.354 e. The average molecular weight is 452 g/mol. The Hall–Kier alpha value is -2.25. The molecule has 0 aromatic carbocycles. The van der Waals surface area contributed by atoms with Gasteiger partial charge < -0.3 is 15.2 Å².